The molecule has 0 aromatic carbocycles. The number of rotatable bonds is 1. The van der Waals surface area contributed by atoms with Gasteiger partial charge in [-0.05, 0) is 25.6 Å². The predicted octanol–water partition coefficient (Wildman–Crippen LogP) is 0.983. The van der Waals surface area contributed by atoms with Crippen LogP contribution in [0.1, 0.15) is 18.2 Å². The van der Waals surface area contributed by atoms with Crippen LogP contribution in [-0.2, 0) is 0 Å². The molecule has 2 unspecified atom stereocenters. The van der Waals surface area contributed by atoms with Crippen molar-refractivity contribution in [1.29, 1.82) is 0 Å². The van der Waals surface area contributed by atoms with E-state index < -0.39 is 0 Å². The van der Waals surface area contributed by atoms with Crippen molar-refractivity contribution in [2.75, 3.05) is 13.6 Å². The quantitative estimate of drug-likeness (QED) is 0.676. The van der Waals surface area contributed by atoms with E-state index in [1.165, 1.54) is 0 Å². The van der Waals surface area contributed by atoms with Crippen molar-refractivity contribution in [2.24, 2.45) is 5.73 Å². The van der Waals surface area contributed by atoms with Gasteiger partial charge in [-0.3, -0.25) is 4.90 Å². The van der Waals surface area contributed by atoms with Gasteiger partial charge in [0, 0.05) is 12.6 Å². The van der Waals surface area contributed by atoms with Gasteiger partial charge >= 0.3 is 0 Å². The number of furan rings is 1. The van der Waals surface area contributed by atoms with Crippen LogP contribution in [0, 0.1) is 0 Å². The average molecular weight is 166 g/mol. The van der Waals surface area contributed by atoms with Crippen LogP contribution < -0.4 is 5.73 Å². The van der Waals surface area contributed by atoms with Crippen molar-refractivity contribution in [3.8, 4) is 0 Å². The van der Waals surface area contributed by atoms with Crippen LogP contribution >= 0.6 is 0 Å². The number of likely N-dealkylation sites (tertiary alicyclic amines) is 1. The highest BCUT2D eigenvalue weighted by Crippen LogP contribution is 2.29. The van der Waals surface area contributed by atoms with Crippen LogP contribution in [0.3, 0.4) is 0 Å². The third-order valence-electron chi connectivity index (χ3n) is 2.45. The first-order valence-corrected chi connectivity index (χ1v) is 4.26. The molecule has 3 heteroatoms. The summed E-state index contributed by atoms with van der Waals surface area (Å²) in [5.41, 5.74) is 5.84. The minimum absolute atomic E-state index is 0.296. The molecule has 1 aliphatic heterocycles. The normalized spacial score (nSPS) is 31.2. The lowest BCUT2D eigenvalue weighted by molar-refractivity contribution is 0.275. The molecule has 1 aromatic heterocycles. The first-order valence-electron chi connectivity index (χ1n) is 4.26. The zero-order valence-electron chi connectivity index (χ0n) is 7.23. The summed E-state index contributed by atoms with van der Waals surface area (Å²) in [6.45, 7) is 0.964. The van der Waals surface area contributed by atoms with Gasteiger partial charge in [0.15, 0.2) is 0 Å². The minimum Gasteiger partial charge on any atom is -0.468 e. The number of nitrogens with zero attached hydrogens (tertiary/aromatic N) is 1. The molecule has 2 N–H and O–H groups in total. The van der Waals surface area contributed by atoms with E-state index in [1.54, 1.807) is 6.26 Å². The highest BCUT2D eigenvalue weighted by molar-refractivity contribution is 5.07. The van der Waals surface area contributed by atoms with E-state index in [0.29, 0.717) is 12.1 Å². The van der Waals surface area contributed by atoms with Gasteiger partial charge in [0.05, 0.1) is 12.3 Å². The fourth-order valence-electron chi connectivity index (χ4n) is 1.85. The van der Waals surface area contributed by atoms with Crippen LogP contribution in [0.4, 0.5) is 0 Å². The second-order valence-corrected chi connectivity index (χ2v) is 3.47. The van der Waals surface area contributed by atoms with Gasteiger partial charge in [0.2, 0.25) is 0 Å². The lowest BCUT2D eigenvalue weighted by Gasteiger charge is -2.15. The Morgan fingerprint density at radius 3 is 3.00 bits per heavy atom. The van der Waals surface area contributed by atoms with E-state index in [9.17, 15) is 0 Å². The highest BCUT2D eigenvalue weighted by atomic mass is 16.3. The molecule has 3 nitrogen and oxygen atoms in total. The van der Waals surface area contributed by atoms with E-state index in [2.05, 4.69) is 11.9 Å². The first kappa shape index (κ1) is 7.83. The molecule has 1 fully saturated rings. The van der Waals surface area contributed by atoms with Crippen LogP contribution in [-0.4, -0.2) is 24.5 Å². The van der Waals surface area contributed by atoms with Crippen LogP contribution in [0.5, 0.6) is 0 Å². The maximum Gasteiger partial charge on any atom is 0.120 e. The van der Waals surface area contributed by atoms with E-state index in [0.717, 1.165) is 18.7 Å². The Balaban J connectivity index is 2.15. The standard InChI is InChI=1S/C9H14N2O/c1-11-6-7(10)5-8(11)9-3-2-4-12-9/h2-4,7-8H,5-6,10H2,1H3. The largest absolute Gasteiger partial charge is 0.468 e. The summed E-state index contributed by atoms with van der Waals surface area (Å²) < 4.78 is 5.34. The molecule has 0 aliphatic carbocycles. The van der Waals surface area contributed by atoms with E-state index in [1.807, 2.05) is 12.1 Å². The van der Waals surface area contributed by atoms with Crippen LogP contribution in [0.15, 0.2) is 22.8 Å². The van der Waals surface area contributed by atoms with Gasteiger partial charge in [-0.15, -0.1) is 0 Å². The summed E-state index contributed by atoms with van der Waals surface area (Å²) >= 11 is 0. The van der Waals surface area contributed by atoms with Crippen molar-refractivity contribution < 1.29 is 4.42 Å². The van der Waals surface area contributed by atoms with E-state index in [4.69, 9.17) is 10.2 Å². The lowest BCUT2D eigenvalue weighted by Crippen LogP contribution is -2.24. The number of hydrogen-bond donors (Lipinski definition) is 1. The SMILES string of the molecule is CN1CC(N)CC1c1ccco1. The lowest BCUT2D eigenvalue weighted by atomic mass is 10.1. The Kier molecular flexibility index (Phi) is 1.90. The third kappa shape index (κ3) is 1.26. The van der Waals surface area contributed by atoms with Gasteiger partial charge in [-0.25, -0.2) is 0 Å². The second kappa shape index (κ2) is 2.92. The number of hydrogen-bond acceptors (Lipinski definition) is 3. The third-order valence-corrected chi connectivity index (χ3v) is 2.45. The molecule has 2 rings (SSSR count). The number of nitrogens with two attached hydrogens (primary N) is 1. The second-order valence-electron chi connectivity index (χ2n) is 3.47. The average Bonchev–Trinajstić information content (AvgIpc) is 2.58. The molecule has 0 spiro atoms. The fraction of sp³-hybridized carbons (Fsp3) is 0.556. The molecule has 2 heterocycles. The van der Waals surface area contributed by atoms with Crippen molar-refractivity contribution in [1.82, 2.24) is 4.90 Å². The van der Waals surface area contributed by atoms with Gasteiger partial charge < -0.3 is 10.2 Å². The Bertz CT molecular complexity index is 245. The Hall–Kier alpha value is -0.800. The fourth-order valence-corrected chi connectivity index (χ4v) is 1.85. The Morgan fingerprint density at radius 2 is 2.50 bits per heavy atom. The molecule has 0 radical (unpaired) electrons. The molecule has 1 aliphatic rings. The monoisotopic (exact) mass is 166 g/mol. The maximum atomic E-state index is 5.84. The van der Waals surface area contributed by atoms with Crippen molar-refractivity contribution >= 4 is 0 Å². The zero-order chi connectivity index (χ0) is 8.55. The molecule has 0 saturated carbocycles. The highest BCUT2D eigenvalue weighted by Gasteiger charge is 2.29. The molecule has 12 heavy (non-hydrogen) atoms. The van der Waals surface area contributed by atoms with Crippen molar-refractivity contribution in [3.05, 3.63) is 24.2 Å². The molecule has 1 saturated heterocycles. The van der Waals surface area contributed by atoms with Crippen LogP contribution in [0.2, 0.25) is 0 Å². The van der Waals surface area contributed by atoms with E-state index >= 15 is 0 Å². The summed E-state index contributed by atoms with van der Waals surface area (Å²) in [5, 5.41) is 0. The van der Waals surface area contributed by atoms with Crippen LogP contribution in [0.25, 0.3) is 0 Å². The summed E-state index contributed by atoms with van der Waals surface area (Å²) in [4.78, 5) is 2.24. The summed E-state index contributed by atoms with van der Waals surface area (Å²) in [6, 6.07) is 4.62. The number of likely N-dealkylation sites (N-methyl/N-ethyl adjacent to an activating group) is 1. The van der Waals surface area contributed by atoms with Gasteiger partial charge in [-0.1, -0.05) is 0 Å². The summed E-state index contributed by atoms with van der Waals surface area (Å²) in [5.74, 6) is 1.03. The molecule has 2 atom stereocenters. The smallest absolute Gasteiger partial charge is 0.120 e. The summed E-state index contributed by atoms with van der Waals surface area (Å²) in [7, 11) is 2.08. The van der Waals surface area contributed by atoms with Crippen molar-refractivity contribution in [2.45, 2.75) is 18.5 Å². The molecular weight excluding hydrogens is 152 g/mol. The van der Waals surface area contributed by atoms with Gasteiger partial charge in [0.1, 0.15) is 5.76 Å². The summed E-state index contributed by atoms with van der Waals surface area (Å²) in [6.07, 6.45) is 2.72. The maximum absolute atomic E-state index is 5.84. The molecule has 0 amide bonds. The Labute approximate surface area is 72.1 Å². The zero-order valence-corrected chi connectivity index (χ0v) is 7.23. The topological polar surface area (TPSA) is 42.4 Å². The molecule has 1 aromatic rings. The molecule has 66 valence electrons. The minimum atomic E-state index is 0.296. The first-order chi connectivity index (χ1) is 5.77. The molecular formula is C9H14N2O. The predicted molar refractivity (Wildman–Crippen MR) is 46.7 cm³/mol. The van der Waals surface area contributed by atoms with E-state index in [-0.39, 0.29) is 0 Å². The molecule has 0 bridgehead atoms. The van der Waals surface area contributed by atoms with Gasteiger partial charge in [0.25, 0.3) is 0 Å². The van der Waals surface area contributed by atoms with Crippen molar-refractivity contribution in [3.63, 3.8) is 0 Å². The Morgan fingerprint density at radius 1 is 1.67 bits per heavy atom. The van der Waals surface area contributed by atoms with Gasteiger partial charge in [-0.2, -0.15) is 0 Å².